The van der Waals surface area contributed by atoms with Gasteiger partial charge in [-0.3, -0.25) is 0 Å². The Morgan fingerprint density at radius 1 is 1.80 bits per heavy atom. The first kappa shape index (κ1) is 8.43. The van der Waals surface area contributed by atoms with Crippen LogP contribution in [0.25, 0.3) is 5.57 Å². The summed E-state index contributed by atoms with van der Waals surface area (Å²) in [5, 5.41) is 1.77. The molecule has 1 rings (SSSR count). The zero-order valence-electron chi connectivity index (χ0n) is 5.10. The highest BCUT2D eigenvalue weighted by Crippen LogP contribution is 2.24. The maximum Gasteiger partial charge on any atom is 0.120 e. The zero-order chi connectivity index (χ0) is 7.56. The molecule has 0 fully saturated rings. The van der Waals surface area contributed by atoms with E-state index in [1.165, 1.54) is 0 Å². The maximum atomic E-state index is 4.13. The molecule has 0 aliphatic heterocycles. The van der Waals surface area contributed by atoms with Gasteiger partial charge in [-0.15, -0.1) is 11.3 Å². The van der Waals surface area contributed by atoms with Crippen molar-refractivity contribution in [2.45, 2.75) is 0 Å². The van der Waals surface area contributed by atoms with Gasteiger partial charge in [-0.25, -0.2) is 4.98 Å². The standard InChI is InChI=1S/C6H5Br2NS/c1-4(2-7)6-9-3-5(8)10-6/h3H,1-2H2. The molecule has 0 radical (unpaired) electrons. The van der Waals surface area contributed by atoms with Crippen molar-refractivity contribution in [2.75, 3.05) is 5.33 Å². The minimum absolute atomic E-state index is 0.785. The van der Waals surface area contributed by atoms with Crippen molar-refractivity contribution in [3.05, 3.63) is 21.6 Å². The number of nitrogens with zero attached hydrogens (tertiary/aromatic N) is 1. The predicted molar refractivity (Wildman–Crippen MR) is 52.6 cm³/mol. The lowest BCUT2D eigenvalue weighted by molar-refractivity contribution is 1.36. The third-order valence-corrected chi connectivity index (χ3v) is 3.20. The number of aromatic nitrogens is 1. The topological polar surface area (TPSA) is 12.9 Å². The van der Waals surface area contributed by atoms with Crippen LogP contribution in [0.3, 0.4) is 0 Å². The fourth-order valence-electron chi connectivity index (χ4n) is 0.475. The van der Waals surface area contributed by atoms with Crippen LogP contribution in [0.4, 0.5) is 0 Å². The summed E-state index contributed by atoms with van der Waals surface area (Å²) in [6, 6.07) is 0. The highest BCUT2D eigenvalue weighted by molar-refractivity contribution is 9.11. The van der Waals surface area contributed by atoms with Gasteiger partial charge in [-0.05, 0) is 21.5 Å². The number of thiazole rings is 1. The van der Waals surface area contributed by atoms with Crippen LogP contribution >= 0.6 is 43.2 Å². The maximum absolute atomic E-state index is 4.13. The molecule has 4 heteroatoms. The van der Waals surface area contributed by atoms with Crippen molar-refractivity contribution in [3.63, 3.8) is 0 Å². The van der Waals surface area contributed by atoms with Crippen molar-refractivity contribution in [2.24, 2.45) is 0 Å². The predicted octanol–water partition coefficient (Wildman–Crippen LogP) is 3.31. The molecule has 1 nitrogen and oxygen atoms in total. The lowest BCUT2D eigenvalue weighted by Gasteiger charge is -1.90. The molecule has 0 saturated carbocycles. The summed E-state index contributed by atoms with van der Waals surface area (Å²) in [7, 11) is 0. The van der Waals surface area contributed by atoms with E-state index in [1.54, 1.807) is 17.5 Å². The van der Waals surface area contributed by atoms with Gasteiger partial charge in [-0.2, -0.15) is 0 Å². The van der Waals surface area contributed by atoms with Gasteiger partial charge in [0.25, 0.3) is 0 Å². The fourth-order valence-corrected chi connectivity index (χ4v) is 2.10. The van der Waals surface area contributed by atoms with Gasteiger partial charge >= 0.3 is 0 Å². The first-order valence-corrected chi connectivity index (χ1v) is 5.32. The molecule has 1 heterocycles. The smallest absolute Gasteiger partial charge is 0.120 e. The van der Waals surface area contributed by atoms with E-state index >= 15 is 0 Å². The molecule has 0 bridgehead atoms. The summed E-state index contributed by atoms with van der Waals surface area (Å²) in [6.07, 6.45) is 1.79. The van der Waals surface area contributed by atoms with Crippen LogP contribution in [0, 0.1) is 0 Å². The number of hydrogen-bond acceptors (Lipinski definition) is 2. The Hall–Kier alpha value is 0.330. The minimum Gasteiger partial charge on any atom is -0.244 e. The Bertz CT molecular complexity index is 244. The molecule has 0 saturated heterocycles. The first-order valence-electron chi connectivity index (χ1n) is 2.59. The lowest BCUT2D eigenvalue weighted by atomic mass is 10.4. The minimum atomic E-state index is 0.785. The molecular weight excluding hydrogens is 278 g/mol. The Balaban J connectivity index is 2.85. The molecule has 0 aromatic carbocycles. The summed E-state index contributed by atoms with van der Waals surface area (Å²) in [4.78, 5) is 4.13. The Morgan fingerprint density at radius 3 is 2.90 bits per heavy atom. The monoisotopic (exact) mass is 281 g/mol. The highest BCUT2D eigenvalue weighted by Gasteiger charge is 2.01. The van der Waals surface area contributed by atoms with Gasteiger partial charge in [0.1, 0.15) is 5.01 Å². The fraction of sp³-hybridized carbons (Fsp3) is 0.167. The van der Waals surface area contributed by atoms with Crippen LogP contribution in [0.5, 0.6) is 0 Å². The molecule has 0 aliphatic carbocycles. The van der Waals surface area contributed by atoms with Crippen LogP contribution in [0.1, 0.15) is 5.01 Å². The summed E-state index contributed by atoms with van der Waals surface area (Å²) in [5.74, 6) is 0. The van der Waals surface area contributed by atoms with E-state index in [-0.39, 0.29) is 0 Å². The molecule has 1 aromatic rings. The molecule has 10 heavy (non-hydrogen) atoms. The van der Waals surface area contributed by atoms with Crippen molar-refractivity contribution < 1.29 is 0 Å². The van der Waals surface area contributed by atoms with Crippen LogP contribution in [-0.4, -0.2) is 10.3 Å². The van der Waals surface area contributed by atoms with E-state index in [9.17, 15) is 0 Å². The van der Waals surface area contributed by atoms with E-state index in [1.807, 2.05) is 0 Å². The van der Waals surface area contributed by atoms with Gasteiger partial charge in [0.15, 0.2) is 0 Å². The molecule has 0 aliphatic rings. The number of allylic oxidation sites excluding steroid dienone is 1. The number of rotatable bonds is 2. The van der Waals surface area contributed by atoms with Crippen LogP contribution in [0.2, 0.25) is 0 Å². The summed E-state index contributed by atoms with van der Waals surface area (Å²) in [5.41, 5.74) is 1.02. The quantitative estimate of drug-likeness (QED) is 0.759. The first-order chi connectivity index (χ1) is 4.74. The average molecular weight is 283 g/mol. The van der Waals surface area contributed by atoms with Gasteiger partial charge < -0.3 is 0 Å². The van der Waals surface area contributed by atoms with Crippen LogP contribution < -0.4 is 0 Å². The largest absolute Gasteiger partial charge is 0.244 e. The highest BCUT2D eigenvalue weighted by atomic mass is 79.9. The van der Waals surface area contributed by atoms with Crippen molar-refractivity contribution in [3.8, 4) is 0 Å². The molecule has 1 aromatic heterocycles. The molecule has 0 amide bonds. The van der Waals surface area contributed by atoms with Crippen molar-refractivity contribution in [1.82, 2.24) is 4.98 Å². The SMILES string of the molecule is C=C(CBr)c1ncc(Br)s1. The lowest BCUT2D eigenvalue weighted by Crippen LogP contribution is -1.78. The van der Waals surface area contributed by atoms with Gasteiger partial charge in [0.05, 0.1) is 9.98 Å². The Morgan fingerprint density at radius 2 is 2.50 bits per heavy atom. The molecular formula is C6H5Br2NS. The second kappa shape index (κ2) is 3.64. The van der Waals surface area contributed by atoms with Gasteiger partial charge in [0.2, 0.25) is 0 Å². The molecule has 0 spiro atoms. The zero-order valence-corrected chi connectivity index (χ0v) is 9.09. The molecule has 0 unspecified atom stereocenters. The van der Waals surface area contributed by atoms with Gasteiger partial charge in [0, 0.05) is 5.33 Å². The third-order valence-electron chi connectivity index (χ3n) is 0.941. The van der Waals surface area contributed by atoms with Crippen LogP contribution in [-0.2, 0) is 0 Å². The summed E-state index contributed by atoms with van der Waals surface area (Å²) in [6.45, 7) is 3.84. The molecule has 54 valence electrons. The Labute approximate surface area is 80.4 Å². The second-order valence-electron chi connectivity index (χ2n) is 1.71. The number of halogens is 2. The van der Waals surface area contributed by atoms with E-state index in [0.29, 0.717) is 0 Å². The summed E-state index contributed by atoms with van der Waals surface area (Å²) >= 11 is 8.24. The van der Waals surface area contributed by atoms with E-state index < -0.39 is 0 Å². The van der Waals surface area contributed by atoms with E-state index in [2.05, 4.69) is 43.4 Å². The van der Waals surface area contributed by atoms with E-state index in [0.717, 1.165) is 19.7 Å². The number of hydrogen-bond donors (Lipinski definition) is 0. The Kier molecular flexibility index (Phi) is 3.07. The average Bonchev–Trinajstić information content (AvgIpc) is 2.34. The van der Waals surface area contributed by atoms with E-state index in [4.69, 9.17) is 0 Å². The number of alkyl halides is 1. The van der Waals surface area contributed by atoms with Crippen LogP contribution in [0.15, 0.2) is 16.6 Å². The molecule has 0 atom stereocenters. The normalized spacial score (nSPS) is 9.80. The van der Waals surface area contributed by atoms with Gasteiger partial charge in [-0.1, -0.05) is 22.5 Å². The second-order valence-corrected chi connectivity index (χ2v) is 4.68. The van der Waals surface area contributed by atoms with Crippen molar-refractivity contribution >= 4 is 48.8 Å². The van der Waals surface area contributed by atoms with Crippen molar-refractivity contribution in [1.29, 1.82) is 0 Å². The third kappa shape index (κ3) is 1.90. The molecule has 0 N–H and O–H groups in total. The summed E-state index contributed by atoms with van der Waals surface area (Å²) < 4.78 is 1.05.